The maximum atomic E-state index is 9.67. The Kier molecular flexibility index (Phi) is 4.11. The van der Waals surface area contributed by atoms with Crippen molar-refractivity contribution in [1.29, 1.82) is 0 Å². The number of hydrogen-bond donors (Lipinski definition) is 2. The molecule has 2 unspecified atom stereocenters. The average Bonchev–Trinajstić information content (AvgIpc) is 2.75. The van der Waals surface area contributed by atoms with Gasteiger partial charge in [-0.05, 0) is 19.1 Å². The number of alkyl halides is 1. The summed E-state index contributed by atoms with van der Waals surface area (Å²) in [6, 6.07) is 7.34. The van der Waals surface area contributed by atoms with Crippen LogP contribution in [0.3, 0.4) is 0 Å². The summed E-state index contributed by atoms with van der Waals surface area (Å²) in [6.45, 7) is 1.66. The van der Waals surface area contributed by atoms with Gasteiger partial charge in [-0.2, -0.15) is 0 Å². The second-order valence-electron chi connectivity index (χ2n) is 4.09. The lowest BCUT2D eigenvalue weighted by atomic mass is 10.2. The van der Waals surface area contributed by atoms with Crippen LogP contribution in [0, 0.1) is 0 Å². The van der Waals surface area contributed by atoms with Gasteiger partial charge in [0.2, 0.25) is 0 Å². The first-order valence-corrected chi connectivity index (χ1v) is 6.23. The van der Waals surface area contributed by atoms with E-state index in [-0.39, 0.29) is 12.5 Å². The molecule has 1 aromatic heterocycles. The van der Waals surface area contributed by atoms with Crippen LogP contribution < -0.4 is 4.74 Å². The molecule has 0 saturated heterocycles. The quantitative estimate of drug-likeness (QED) is 0.820. The third kappa shape index (κ3) is 2.61. The lowest BCUT2D eigenvalue weighted by molar-refractivity contribution is 0.117. The normalized spacial score (nSPS) is 14.7. The van der Waals surface area contributed by atoms with Crippen LogP contribution in [0.15, 0.2) is 28.7 Å². The second kappa shape index (κ2) is 5.61. The molecular formula is C13H15ClO4. The first-order valence-electron chi connectivity index (χ1n) is 5.69. The Morgan fingerprint density at radius 2 is 2.06 bits per heavy atom. The second-order valence-corrected chi connectivity index (χ2v) is 4.40. The molecular weight excluding hydrogens is 256 g/mol. The number of aliphatic hydroxyl groups excluding tert-OH is 2. The summed E-state index contributed by atoms with van der Waals surface area (Å²) in [4.78, 5) is 0. The highest BCUT2D eigenvalue weighted by Gasteiger charge is 2.19. The van der Waals surface area contributed by atoms with Crippen molar-refractivity contribution in [3.8, 4) is 5.75 Å². The van der Waals surface area contributed by atoms with Crippen LogP contribution in [0.4, 0.5) is 0 Å². The van der Waals surface area contributed by atoms with Gasteiger partial charge < -0.3 is 19.4 Å². The molecule has 0 fully saturated rings. The lowest BCUT2D eigenvalue weighted by Crippen LogP contribution is -2.19. The van der Waals surface area contributed by atoms with Crippen LogP contribution in [-0.4, -0.2) is 28.8 Å². The van der Waals surface area contributed by atoms with Crippen LogP contribution in [0.25, 0.3) is 11.0 Å². The summed E-state index contributed by atoms with van der Waals surface area (Å²) in [5.74, 6) is 0.919. The minimum atomic E-state index is -0.777. The molecule has 18 heavy (non-hydrogen) atoms. The average molecular weight is 271 g/mol. The van der Waals surface area contributed by atoms with E-state index in [2.05, 4.69) is 0 Å². The molecule has 0 aliphatic heterocycles. The number of para-hydroxylation sites is 1. The highest BCUT2D eigenvalue weighted by Crippen LogP contribution is 2.36. The molecule has 5 heteroatoms. The molecule has 2 atom stereocenters. The monoisotopic (exact) mass is 270 g/mol. The fourth-order valence-corrected chi connectivity index (χ4v) is 1.78. The first-order chi connectivity index (χ1) is 8.63. The number of halogens is 1. The molecule has 2 rings (SSSR count). The predicted octanol–water partition coefficient (Wildman–Crippen LogP) is 2.46. The number of hydrogen-bond acceptors (Lipinski definition) is 4. The smallest absolute Gasteiger partial charge is 0.175 e. The molecule has 2 aromatic rings. The number of fused-ring (bicyclic) bond motifs is 1. The lowest BCUT2D eigenvalue weighted by Gasteiger charge is -2.10. The van der Waals surface area contributed by atoms with Crippen molar-refractivity contribution in [2.45, 2.75) is 19.1 Å². The molecule has 0 bridgehead atoms. The van der Waals surface area contributed by atoms with E-state index in [1.165, 1.54) is 0 Å². The highest BCUT2D eigenvalue weighted by atomic mass is 35.5. The van der Waals surface area contributed by atoms with Crippen molar-refractivity contribution in [2.75, 3.05) is 12.5 Å². The fourth-order valence-electron chi connectivity index (χ4n) is 1.69. The molecule has 0 aliphatic carbocycles. The van der Waals surface area contributed by atoms with E-state index in [1.54, 1.807) is 13.0 Å². The Bertz CT molecular complexity index is 521. The van der Waals surface area contributed by atoms with Crippen LogP contribution >= 0.6 is 11.6 Å². The standard InChI is InChI=1S/C13H15ClO4/c1-8(15)12-13(17-7-9(16)6-14)10-4-2-3-5-11(10)18-12/h2-5,8-9,15-16H,6-7H2,1H3. The van der Waals surface area contributed by atoms with Gasteiger partial charge in [-0.15, -0.1) is 11.6 Å². The van der Waals surface area contributed by atoms with E-state index in [0.29, 0.717) is 17.1 Å². The van der Waals surface area contributed by atoms with Gasteiger partial charge >= 0.3 is 0 Å². The van der Waals surface area contributed by atoms with E-state index >= 15 is 0 Å². The van der Waals surface area contributed by atoms with Crippen molar-refractivity contribution in [3.63, 3.8) is 0 Å². The molecule has 1 heterocycles. The highest BCUT2D eigenvalue weighted by molar-refractivity contribution is 6.18. The minimum absolute atomic E-state index is 0.0622. The molecule has 1 aromatic carbocycles. The maximum absolute atomic E-state index is 9.67. The van der Waals surface area contributed by atoms with Crippen molar-refractivity contribution in [1.82, 2.24) is 0 Å². The molecule has 0 amide bonds. The molecule has 0 spiro atoms. The number of furan rings is 1. The van der Waals surface area contributed by atoms with Gasteiger partial charge in [0.1, 0.15) is 24.4 Å². The minimum Gasteiger partial charge on any atom is -0.486 e. The fraction of sp³-hybridized carbons (Fsp3) is 0.385. The van der Waals surface area contributed by atoms with Gasteiger partial charge in [-0.1, -0.05) is 12.1 Å². The van der Waals surface area contributed by atoms with E-state index in [0.717, 1.165) is 5.39 Å². The van der Waals surface area contributed by atoms with Crippen molar-refractivity contribution in [2.24, 2.45) is 0 Å². The zero-order valence-electron chi connectivity index (χ0n) is 9.97. The van der Waals surface area contributed by atoms with Crippen LogP contribution in [0.1, 0.15) is 18.8 Å². The summed E-state index contributed by atoms with van der Waals surface area (Å²) >= 11 is 5.51. The molecule has 0 radical (unpaired) electrons. The summed E-state index contributed by atoms with van der Waals surface area (Å²) in [5, 5.41) is 19.8. The Hall–Kier alpha value is -1.23. The SMILES string of the molecule is CC(O)c1oc2ccccc2c1OCC(O)CCl. The molecule has 2 N–H and O–H groups in total. The van der Waals surface area contributed by atoms with E-state index in [9.17, 15) is 10.2 Å². The van der Waals surface area contributed by atoms with E-state index in [4.69, 9.17) is 20.8 Å². The van der Waals surface area contributed by atoms with Crippen LogP contribution in [0.5, 0.6) is 5.75 Å². The Balaban J connectivity index is 2.36. The van der Waals surface area contributed by atoms with Gasteiger partial charge in [-0.3, -0.25) is 0 Å². The number of benzene rings is 1. The summed E-state index contributed by atoms with van der Waals surface area (Å²) in [5.41, 5.74) is 0.642. The predicted molar refractivity (Wildman–Crippen MR) is 69.1 cm³/mol. The zero-order chi connectivity index (χ0) is 13.1. The first kappa shape index (κ1) is 13.2. The van der Waals surface area contributed by atoms with Gasteiger partial charge in [0.25, 0.3) is 0 Å². The number of aliphatic hydroxyl groups is 2. The number of ether oxygens (including phenoxy) is 1. The summed E-state index contributed by atoms with van der Waals surface area (Å²) in [6.07, 6.45) is -1.53. The van der Waals surface area contributed by atoms with E-state index < -0.39 is 12.2 Å². The van der Waals surface area contributed by atoms with Gasteiger partial charge in [0.15, 0.2) is 11.5 Å². The zero-order valence-corrected chi connectivity index (χ0v) is 10.7. The van der Waals surface area contributed by atoms with Crippen molar-refractivity contribution in [3.05, 3.63) is 30.0 Å². The summed E-state index contributed by atoms with van der Waals surface area (Å²) in [7, 11) is 0. The van der Waals surface area contributed by atoms with Crippen LogP contribution in [0.2, 0.25) is 0 Å². The third-order valence-corrected chi connectivity index (χ3v) is 2.91. The largest absolute Gasteiger partial charge is 0.486 e. The van der Waals surface area contributed by atoms with Gasteiger partial charge in [-0.25, -0.2) is 0 Å². The Morgan fingerprint density at radius 1 is 1.33 bits per heavy atom. The topological polar surface area (TPSA) is 62.8 Å². The Morgan fingerprint density at radius 3 is 2.72 bits per heavy atom. The van der Waals surface area contributed by atoms with E-state index in [1.807, 2.05) is 18.2 Å². The molecule has 4 nitrogen and oxygen atoms in total. The Labute approximate surface area is 110 Å². The van der Waals surface area contributed by atoms with Gasteiger partial charge in [0, 0.05) is 0 Å². The van der Waals surface area contributed by atoms with Crippen molar-refractivity contribution < 1.29 is 19.4 Å². The number of rotatable bonds is 5. The molecule has 0 saturated carbocycles. The molecule has 0 aliphatic rings. The maximum Gasteiger partial charge on any atom is 0.175 e. The molecule has 98 valence electrons. The summed E-state index contributed by atoms with van der Waals surface area (Å²) < 4.78 is 11.1. The third-order valence-electron chi connectivity index (χ3n) is 2.55. The van der Waals surface area contributed by atoms with Crippen LogP contribution in [-0.2, 0) is 0 Å². The van der Waals surface area contributed by atoms with Gasteiger partial charge in [0.05, 0.1) is 11.3 Å². The van der Waals surface area contributed by atoms with Crippen molar-refractivity contribution >= 4 is 22.6 Å².